The summed E-state index contributed by atoms with van der Waals surface area (Å²) in [5, 5.41) is 3.38. The minimum atomic E-state index is -2.77. The minimum Gasteiger partial charge on any atom is -0.312 e. The Bertz CT molecular complexity index is 497. The minimum absolute atomic E-state index is 0. The Morgan fingerprint density at radius 2 is 1.96 bits per heavy atom. The summed E-state index contributed by atoms with van der Waals surface area (Å²) < 4.78 is 39.2. The van der Waals surface area contributed by atoms with Gasteiger partial charge in [0.2, 0.25) is 0 Å². The zero-order valence-electron chi connectivity index (χ0n) is 14.2. The van der Waals surface area contributed by atoms with Gasteiger partial charge in [0, 0.05) is 33.1 Å². The van der Waals surface area contributed by atoms with E-state index in [0.717, 1.165) is 25.2 Å². The molecule has 2 rings (SSSR count). The second-order valence-electron chi connectivity index (χ2n) is 6.12. The molecule has 5 heteroatoms. The van der Waals surface area contributed by atoms with E-state index >= 15 is 0 Å². The van der Waals surface area contributed by atoms with Gasteiger partial charge in [0.1, 0.15) is 5.82 Å². The van der Waals surface area contributed by atoms with Crippen LogP contribution in [0.1, 0.15) is 45.8 Å². The van der Waals surface area contributed by atoms with Crippen LogP contribution in [0.4, 0.5) is 13.2 Å². The quantitative estimate of drug-likeness (QED) is 0.798. The Kier molecular flexibility index (Phi) is 7.79. The van der Waals surface area contributed by atoms with Gasteiger partial charge in [-0.25, -0.2) is 13.2 Å². The molecule has 0 spiro atoms. The van der Waals surface area contributed by atoms with Gasteiger partial charge in [0.05, 0.1) is 5.56 Å². The maximum absolute atomic E-state index is 13.9. The lowest BCUT2D eigenvalue weighted by Gasteiger charge is -2.40. The molecule has 0 radical (unpaired) electrons. The van der Waals surface area contributed by atoms with Crippen molar-refractivity contribution in [2.75, 3.05) is 19.6 Å². The van der Waals surface area contributed by atoms with E-state index < -0.39 is 17.8 Å². The number of benzene rings is 1. The molecule has 0 aromatic heterocycles. The van der Waals surface area contributed by atoms with E-state index in [1.54, 1.807) is 6.07 Å². The molecule has 1 saturated heterocycles. The van der Waals surface area contributed by atoms with Crippen molar-refractivity contribution >= 4 is 0 Å². The molecule has 1 unspecified atom stereocenters. The zero-order valence-corrected chi connectivity index (χ0v) is 14.2. The van der Waals surface area contributed by atoms with Gasteiger partial charge in [-0.3, -0.25) is 4.90 Å². The number of nitrogens with zero attached hydrogens (tertiary/aromatic N) is 1. The molecule has 1 heterocycles. The first-order chi connectivity index (χ1) is 10.9. The molecule has 23 heavy (non-hydrogen) atoms. The van der Waals surface area contributed by atoms with Crippen molar-refractivity contribution in [1.82, 2.24) is 10.2 Å². The van der Waals surface area contributed by atoms with E-state index in [1.807, 2.05) is 0 Å². The topological polar surface area (TPSA) is 15.3 Å². The molecule has 1 fully saturated rings. The molecule has 0 bridgehead atoms. The predicted octanol–water partition coefficient (Wildman–Crippen LogP) is 4.80. The van der Waals surface area contributed by atoms with Gasteiger partial charge < -0.3 is 5.32 Å². The van der Waals surface area contributed by atoms with E-state index in [-0.39, 0.29) is 13.4 Å². The summed E-state index contributed by atoms with van der Waals surface area (Å²) in [6.45, 7) is 14.9. The Labute approximate surface area is 138 Å². The molecule has 1 aromatic rings. The van der Waals surface area contributed by atoms with E-state index in [0.29, 0.717) is 6.04 Å². The Morgan fingerprint density at radius 3 is 2.43 bits per heavy atom. The monoisotopic (exact) mass is 330 g/mol. The first kappa shape index (κ1) is 19.7. The van der Waals surface area contributed by atoms with Crippen LogP contribution in [0.15, 0.2) is 31.4 Å². The largest absolute Gasteiger partial charge is 0.312 e. The fourth-order valence-electron chi connectivity index (χ4n) is 3.14. The van der Waals surface area contributed by atoms with Crippen LogP contribution < -0.4 is 5.32 Å². The molecule has 2 atom stereocenters. The van der Waals surface area contributed by atoms with Crippen LogP contribution in [0.5, 0.6) is 0 Å². The number of alkyl halides is 2. The summed E-state index contributed by atoms with van der Waals surface area (Å²) in [6, 6.07) is 4.57. The van der Waals surface area contributed by atoms with E-state index in [2.05, 4.69) is 44.1 Å². The lowest BCUT2D eigenvalue weighted by Crippen LogP contribution is -2.51. The Morgan fingerprint density at radius 1 is 1.30 bits per heavy atom. The Balaban J connectivity index is 0.00000170. The molecule has 0 saturated carbocycles. The van der Waals surface area contributed by atoms with Crippen molar-refractivity contribution < 1.29 is 14.6 Å². The van der Waals surface area contributed by atoms with Gasteiger partial charge >= 0.3 is 0 Å². The fourth-order valence-corrected chi connectivity index (χ4v) is 3.14. The standard InChI is InChI=1S/C16H23F3N2.C2H4.H2/c1-10(2)15(21-7-6-20-11(3)9-21)12-4-5-13(16(18)19)14(17)8-12;1-2;/h4-5,8,10-11,15-16,20H,6-7,9H2,1-3H3;1-2H2;1H/t11-,15?;;/m0../s1. The van der Waals surface area contributed by atoms with Crippen LogP contribution >= 0.6 is 0 Å². The highest BCUT2D eigenvalue weighted by atomic mass is 19.3. The molecule has 1 aliphatic heterocycles. The maximum Gasteiger partial charge on any atom is 0.266 e. The highest BCUT2D eigenvalue weighted by Crippen LogP contribution is 2.32. The van der Waals surface area contributed by atoms with Gasteiger partial charge in [-0.1, -0.05) is 26.0 Å². The van der Waals surface area contributed by atoms with Crippen molar-refractivity contribution in [2.24, 2.45) is 5.92 Å². The van der Waals surface area contributed by atoms with Gasteiger partial charge in [0.15, 0.2) is 0 Å². The van der Waals surface area contributed by atoms with Crippen LogP contribution in [0.3, 0.4) is 0 Å². The third kappa shape index (κ3) is 5.08. The molecular weight excluding hydrogens is 301 g/mol. The summed E-state index contributed by atoms with van der Waals surface area (Å²) in [5.41, 5.74) is 0.260. The molecular formula is C18H29F3N2. The SMILES string of the molecule is C=C.CC(C)C(c1ccc(C(F)F)c(F)c1)N1CCN[C@@H](C)C1.[HH]. The smallest absolute Gasteiger partial charge is 0.266 e. The van der Waals surface area contributed by atoms with E-state index in [1.165, 1.54) is 12.1 Å². The predicted molar refractivity (Wildman–Crippen MR) is 91.3 cm³/mol. The van der Waals surface area contributed by atoms with Crippen molar-refractivity contribution in [3.05, 3.63) is 48.3 Å². The second kappa shape index (κ2) is 9.08. The van der Waals surface area contributed by atoms with Crippen molar-refractivity contribution in [1.29, 1.82) is 0 Å². The summed E-state index contributed by atoms with van der Waals surface area (Å²) in [6.07, 6.45) is -2.77. The molecule has 1 N–H and O–H groups in total. The number of rotatable bonds is 4. The summed E-state index contributed by atoms with van der Waals surface area (Å²) in [4.78, 5) is 2.31. The van der Waals surface area contributed by atoms with Gasteiger partial charge in [-0.05, 0) is 24.5 Å². The third-order valence-electron chi connectivity index (χ3n) is 4.03. The van der Waals surface area contributed by atoms with Crippen molar-refractivity contribution in [2.45, 2.75) is 39.3 Å². The Hall–Kier alpha value is -1.33. The number of piperazine rings is 1. The lowest BCUT2D eigenvalue weighted by molar-refractivity contribution is 0.116. The molecule has 2 nitrogen and oxygen atoms in total. The average molecular weight is 330 g/mol. The fraction of sp³-hybridized carbons (Fsp3) is 0.556. The van der Waals surface area contributed by atoms with Gasteiger partial charge in [-0.2, -0.15) is 0 Å². The lowest BCUT2D eigenvalue weighted by atomic mass is 9.92. The second-order valence-corrected chi connectivity index (χ2v) is 6.12. The van der Waals surface area contributed by atoms with Crippen LogP contribution in [-0.4, -0.2) is 30.6 Å². The van der Waals surface area contributed by atoms with Crippen LogP contribution in [-0.2, 0) is 0 Å². The van der Waals surface area contributed by atoms with Crippen molar-refractivity contribution in [3.63, 3.8) is 0 Å². The van der Waals surface area contributed by atoms with Crippen LogP contribution in [0, 0.1) is 11.7 Å². The summed E-state index contributed by atoms with van der Waals surface area (Å²) >= 11 is 0. The highest BCUT2D eigenvalue weighted by Gasteiger charge is 2.28. The first-order valence-corrected chi connectivity index (χ1v) is 7.95. The van der Waals surface area contributed by atoms with Crippen LogP contribution in [0.25, 0.3) is 0 Å². The first-order valence-electron chi connectivity index (χ1n) is 7.95. The number of hydrogen-bond donors (Lipinski definition) is 1. The van der Waals surface area contributed by atoms with Crippen molar-refractivity contribution in [3.8, 4) is 0 Å². The number of hydrogen-bond acceptors (Lipinski definition) is 2. The molecule has 1 aromatic carbocycles. The van der Waals surface area contributed by atoms with Gasteiger partial charge in [-0.15, -0.1) is 13.2 Å². The molecule has 1 aliphatic rings. The zero-order chi connectivity index (χ0) is 17.6. The van der Waals surface area contributed by atoms with E-state index in [9.17, 15) is 13.2 Å². The maximum atomic E-state index is 13.9. The molecule has 0 aliphatic carbocycles. The molecule has 132 valence electrons. The normalized spacial score (nSPS) is 20.3. The number of halogens is 3. The molecule has 0 amide bonds. The summed E-state index contributed by atoms with van der Waals surface area (Å²) in [5.74, 6) is -0.525. The summed E-state index contributed by atoms with van der Waals surface area (Å²) in [7, 11) is 0. The average Bonchev–Trinajstić information content (AvgIpc) is 2.49. The third-order valence-corrected chi connectivity index (χ3v) is 4.03. The van der Waals surface area contributed by atoms with Crippen LogP contribution in [0.2, 0.25) is 0 Å². The van der Waals surface area contributed by atoms with Gasteiger partial charge in [0.25, 0.3) is 6.43 Å². The highest BCUT2D eigenvalue weighted by molar-refractivity contribution is 5.28. The van der Waals surface area contributed by atoms with E-state index in [4.69, 9.17) is 0 Å². The number of nitrogens with one attached hydrogen (secondary N) is 1.